The fraction of sp³-hybridized carbons (Fsp3) is 0.471. The van der Waals surface area contributed by atoms with Crippen molar-refractivity contribution in [3.05, 3.63) is 76.6 Å². The van der Waals surface area contributed by atoms with E-state index in [2.05, 4.69) is 26.7 Å². The van der Waals surface area contributed by atoms with E-state index in [1.54, 1.807) is 18.3 Å². The lowest BCUT2D eigenvalue weighted by Gasteiger charge is -2.31. The van der Waals surface area contributed by atoms with Gasteiger partial charge in [-0.15, -0.1) is 0 Å². The molecule has 0 saturated carbocycles. The van der Waals surface area contributed by atoms with E-state index in [9.17, 15) is 13.2 Å². The average Bonchev–Trinajstić information content (AvgIpc) is 3.46. The minimum absolute atomic E-state index is 0.0264. The van der Waals surface area contributed by atoms with Crippen LogP contribution >= 0.6 is 0 Å². The zero-order chi connectivity index (χ0) is 32.7. The molecule has 1 aliphatic heterocycles. The van der Waals surface area contributed by atoms with E-state index >= 15 is 4.39 Å². The third-order valence-electron chi connectivity index (χ3n) is 8.77. The van der Waals surface area contributed by atoms with Crippen molar-refractivity contribution in [1.29, 1.82) is 0 Å². The van der Waals surface area contributed by atoms with Crippen LogP contribution < -0.4 is 17.2 Å². The molecule has 3 heterocycles. The second-order valence-electron chi connectivity index (χ2n) is 12.3. The molecule has 0 spiro atoms. The summed E-state index contributed by atoms with van der Waals surface area (Å²) >= 11 is 0. The number of nitrogens with one attached hydrogen (secondary N) is 1. The van der Waals surface area contributed by atoms with E-state index < -0.39 is 21.3 Å². The number of piperidine rings is 1. The van der Waals surface area contributed by atoms with Crippen molar-refractivity contribution in [2.24, 2.45) is 17.4 Å². The molecule has 0 unspecified atom stereocenters. The molecule has 5 rings (SSSR count). The van der Waals surface area contributed by atoms with Gasteiger partial charge in [-0.05, 0) is 120 Å². The number of nitrogens with two attached hydrogens (primary N) is 2. The molecule has 4 aromatic rings. The number of likely N-dealkylation sites (tertiary alicyclic amines) is 1. The van der Waals surface area contributed by atoms with Gasteiger partial charge in [0.05, 0.1) is 11.4 Å². The van der Waals surface area contributed by atoms with Gasteiger partial charge in [-0.1, -0.05) is 25.1 Å². The Labute approximate surface area is 270 Å². The summed E-state index contributed by atoms with van der Waals surface area (Å²) in [5.41, 5.74) is 14.1. The Morgan fingerprint density at radius 1 is 1.02 bits per heavy atom. The predicted molar refractivity (Wildman–Crippen MR) is 181 cm³/mol. The van der Waals surface area contributed by atoms with Crippen LogP contribution in [0.3, 0.4) is 0 Å². The molecule has 0 bridgehead atoms. The number of sulfone groups is 1. The highest BCUT2D eigenvalue weighted by Gasteiger charge is 2.27. The summed E-state index contributed by atoms with van der Waals surface area (Å²) in [7, 11) is -3.78. The summed E-state index contributed by atoms with van der Waals surface area (Å²) in [6.07, 6.45) is 6.21. The van der Waals surface area contributed by atoms with E-state index in [1.807, 2.05) is 24.3 Å². The quantitative estimate of drug-likeness (QED) is 0.176. The fourth-order valence-electron chi connectivity index (χ4n) is 6.27. The fourth-order valence-corrected chi connectivity index (χ4v) is 8.03. The van der Waals surface area contributed by atoms with E-state index in [0.717, 1.165) is 76.9 Å². The number of benzene rings is 2. The number of hydrogen-bond donors (Lipinski definition) is 3. The number of halogens is 1. The van der Waals surface area contributed by atoms with E-state index in [-0.39, 0.29) is 16.6 Å². The van der Waals surface area contributed by atoms with Gasteiger partial charge in [0.15, 0.2) is 9.84 Å². The number of hydrogen-bond acceptors (Lipinski definition) is 8. The molecule has 2 aromatic heterocycles. The van der Waals surface area contributed by atoms with Crippen molar-refractivity contribution in [1.82, 2.24) is 24.3 Å². The van der Waals surface area contributed by atoms with Crippen molar-refractivity contribution in [2.45, 2.75) is 50.5 Å². The van der Waals surface area contributed by atoms with Gasteiger partial charge in [-0.2, -0.15) is 4.98 Å². The van der Waals surface area contributed by atoms with E-state index in [0.29, 0.717) is 41.1 Å². The molecule has 2 aromatic carbocycles. The standard InChI is InChI=1S/C34H46FN7O3S/c1-2-15-40-18-11-26(12-19-40)24-46(44,45)32-10-7-27(20-30(32)35)31-21-28-23-42(34(43)39-33(28)38-31)29-8-5-25(6-9-29)22-41(16-3-13-36)17-4-14-37/h5-10,20-21,23,26H,2-4,11-19,22,24,36-37H2,1H3,(H,38,39,43). The highest BCUT2D eigenvalue weighted by atomic mass is 32.2. The molecule has 0 aliphatic carbocycles. The average molecular weight is 652 g/mol. The number of aromatic amines is 1. The number of aromatic nitrogens is 3. The molecule has 1 aliphatic rings. The summed E-state index contributed by atoms with van der Waals surface area (Å²) in [6, 6.07) is 13.7. The maximum Gasteiger partial charge on any atom is 0.354 e. The Hall–Kier alpha value is -3.42. The van der Waals surface area contributed by atoms with Gasteiger partial charge in [-0.25, -0.2) is 17.6 Å². The molecule has 0 atom stereocenters. The SMILES string of the molecule is CCCN1CCC(CS(=O)(=O)c2ccc(-c3cc4cn(-c5ccc(CN(CCCN)CCCN)cc5)c(=O)nc4[nH]3)cc2F)CC1. The van der Waals surface area contributed by atoms with Gasteiger partial charge >= 0.3 is 5.69 Å². The summed E-state index contributed by atoms with van der Waals surface area (Å²) < 4.78 is 43.1. The molecule has 0 radical (unpaired) electrons. The van der Waals surface area contributed by atoms with Crippen LogP contribution in [0.25, 0.3) is 28.0 Å². The van der Waals surface area contributed by atoms with Crippen LogP contribution in [0.15, 0.2) is 64.4 Å². The van der Waals surface area contributed by atoms with E-state index in [4.69, 9.17) is 11.5 Å². The summed E-state index contributed by atoms with van der Waals surface area (Å²) in [6.45, 7) is 8.75. The number of rotatable bonds is 15. The molecular formula is C34H46FN7O3S. The topological polar surface area (TPSA) is 143 Å². The second-order valence-corrected chi connectivity index (χ2v) is 14.3. The van der Waals surface area contributed by atoms with Crippen LogP contribution in [0.5, 0.6) is 0 Å². The molecule has 12 heteroatoms. The van der Waals surface area contributed by atoms with Crippen molar-refractivity contribution in [3.8, 4) is 16.9 Å². The zero-order valence-electron chi connectivity index (χ0n) is 26.6. The first-order chi connectivity index (χ1) is 22.2. The van der Waals surface area contributed by atoms with Crippen LogP contribution in [0.4, 0.5) is 4.39 Å². The first-order valence-corrected chi connectivity index (χ1v) is 17.9. The highest BCUT2D eigenvalue weighted by molar-refractivity contribution is 7.91. The Balaban J connectivity index is 1.30. The number of nitrogens with zero attached hydrogens (tertiary/aromatic N) is 4. The molecule has 1 fully saturated rings. The second kappa shape index (κ2) is 15.4. The highest BCUT2D eigenvalue weighted by Crippen LogP contribution is 2.29. The monoisotopic (exact) mass is 651 g/mol. The Kier molecular flexibility index (Phi) is 11.4. The maximum absolute atomic E-state index is 15.3. The number of fused-ring (bicyclic) bond motifs is 1. The van der Waals surface area contributed by atoms with Gasteiger partial charge in [-0.3, -0.25) is 9.47 Å². The van der Waals surface area contributed by atoms with Crippen LogP contribution in [-0.2, 0) is 16.4 Å². The third kappa shape index (κ3) is 8.29. The Bertz CT molecular complexity index is 1760. The summed E-state index contributed by atoms with van der Waals surface area (Å²) in [5.74, 6) is -0.802. The van der Waals surface area contributed by atoms with Gasteiger partial charge in [0.25, 0.3) is 0 Å². The molecule has 10 nitrogen and oxygen atoms in total. The molecule has 248 valence electrons. The van der Waals surface area contributed by atoms with Crippen molar-refractivity contribution in [2.75, 3.05) is 51.6 Å². The van der Waals surface area contributed by atoms with Crippen molar-refractivity contribution >= 4 is 20.9 Å². The molecule has 46 heavy (non-hydrogen) atoms. The third-order valence-corrected chi connectivity index (χ3v) is 10.7. The maximum atomic E-state index is 15.3. The Morgan fingerprint density at radius 2 is 1.72 bits per heavy atom. The minimum atomic E-state index is -3.78. The zero-order valence-corrected chi connectivity index (χ0v) is 27.4. The first kappa shape index (κ1) is 33.9. The normalized spacial score (nSPS) is 14.9. The summed E-state index contributed by atoms with van der Waals surface area (Å²) in [4.78, 5) is 24.7. The predicted octanol–water partition coefficient (Wildman–Crippen LogP) is 3.92. The lowest BCUT2D eigenvalue weighted by atomic mass is 9.99. The van der Waals surface area contributed by atoms with Gasteiger partial charge < -0.3 is 21.4 Å². The lowest BCUT2D eigenvalue weighted by molar-refractivity contribution is 0.194. The van der Waals surface area contributed by atoms with Crippen LogP contribution in [0.2, 0.25) is 0 Å². The number of H-pyrrole nitrogens is 1. The van der Waals surface area contributed by atoms with Gasteiger partial charge in [0, 0.05) is 29.4 Å². The van der Waals surface area contributed by atoms with Crippen LogP contribution in [0.1, 0.15) is 44.6 Å². The molecular weight excluding hydrogens is 605 g/mol. The largest absolute Gasteiger partial charge is 0.354 e. The smallest absolute Gasteiger partial charge is 0.339 e. The van der Waals surface area contributed by atoms with Crippen molar-refractivity contribution in [3.63, 3.8) is 0 Å². The molecule has 5 N–H and O–H groups in total. The first-order valence-electron chi connectivity index (χ1n) is 16.3. The van der Waals surface area contributed by atoms with Gasteiger partial charge in [0.1, 0.15) is 16.4 Å². The van der Waals surface area contributed by atoms with Crippen LogP contribution in [-0.4, -0.2) is 84.3 Å². The van der Waals surface area contributed by atoms with Crippen LogP contribution in [0, 0.1) is 11.7 Å². The Morgan fingerprint density at radius 3 is 2.35 bits per heavy atom. The lowest BCUT2D eigenvalue weighted by Crippen LogP contribution is -2.36. The summed E-state index contributed by atoms with van der Waals surface area (Å²) in [5, 5.41) is 0.667. The molecule has 1 saturated heterocycles. The van der Waals surface area contributed by atoms with E-state index in [1.165, 1.54) is 16.7 Å². The molecule has 0 amide bonds. The van der Waals surface area contributed by atoms with Crippen molar-refractivity contribution < 1.29 is 12.8 Å². The minimum Gasteiger partial charge on any atom is -0.339 e. The van der Waals surface area contributed by atoms with Gasteiger partial charge in [0.2, 0.25) is 0 Å².